The van der Waals surface area contributed by atoms with E-state index in [2.05, 4.69) is 12.2 Å². The summed E-state index contributed by atoms with van der Waals surface area (Å²) in [4.78, 5) is 14.6. The number of ether oxygens (including phenoxy) is 2. The normalized spacial score (nSPS) is 20.3. The summed E-state index contributed by atoms with van der Waals surface area (Å²) in [6.07, 6.45) is -1.55. The predicted molar refractivity (Wildman–Crippen MR) is 107 cm³/mol. The van der Waals surface area contributed by atoms with Crippen molar-refractivity contribution in [3.8, 4) is 11.5 Å². The average molecular weight is 438 g/mol. The number of nitrogens with zero attached hydrogens (tertiary/aromatic N) is 1. The van der Waals surface area contributed by atoms with Crippen molar-refractivity contribution in [1.29, 1.82) is 0 Å². The van der Waals surface area contributed by atoms with Gasteiger partial charge in [-0.25, -0.2) is 4.79 Å². The van der Waals surface area contributed by atoms with Gasteiger partial charge in [0.15, 0.2) is 18.1 Å². The number of carbonyl (C=O) groups is 1. The molecule has 2 aliphatic carbocycles. The molecule has 2 aliphatic rings. The largest absolute Gasteiger partial charge is 0.493 e. The molecule has 168 valence electrons. The van der Waals surface area contributed by atoms with Gasteiger partial charge >= 0.3 is 12.2 Å². The topological polar surface area (TPSA) is 63.9 Å². The van der Waals surface area contributed by atoms with Gasteiger partial charge in [-0.2, -0.15) is 13.2 Å². The molecule has 0 radical (unpaired) electrons. The van der Waals surface area contributed by atoms with E-state index in [0.29, 0.717) is 24.1 Å². The lowest BCUT2D eigenvalue weighted by atomic mass is 10.2. The smallest absolute Gasteiger partial charge is 0.422 e. The van der Waals surface area contributed by atoms with E-state index in [1.807, 2.05) is 12.1 Å². The second kappa shape index (κ2) is 8.36. The lowest BCUT2D eigenvalue weighted by Crippen LogP contribution is -2.36. The number of alkyl halides is 3. The number of methoxy groups -OCH3 is 1. The van der Waals surface area contributed by atoms with Gasteiger partial charge < -0.3 is 24.1 Å². The van der Waals surface area contributed by atoms with Crippen LogP contribution < -0.4 is 14.8 Å². The van der Waals surface area contributed by atoms with Crippen LogP contribution in [0.5, 0.6) is 11.5 Å². The summed E-state index contributed by atoms with van der Waals surface area (Å²) in [7, 11) is 1.34. The van der Waals surface area contributed by atoms with Gasteiger partial charge in [0, 0.05) is 23.7 Å². The third kappa shape index (κ3) is 5.45. The fourth-order valence-corrected chi connectivity index (χ4v) is 3.54. The van der Waals surface area contributed by atoms with Gasteiger partial charge in [-0.3, -0.25) is 0 Å². The third-order valence-electron chi connectivity index (χ3n) is 5.54. The second-order valence-corrected chi connectivity index (χ2v) is 8.18. The van der Waals surface area contributed by atoms with Crippen molar-refractivity contribution in [2.24, 2.45) is 5.92 Å². The van der Waals surface area contributed by atoms with E-state index in [9.17, 15) is 18.0 Å². The van der Waals surface area contributed by atoms with Crippen LogP contribution in [0.3, 0.4) is 0 Å². The monoisotopic (exact) mass is 438 g/mol. The van der Waals surface area contributed by atoms with Gasteiger partial charge in [-0.1, -0.05) is 6.92 Å². The molecular weight excluding hydrogens is 413 g/mol. The van der Waals surface area contributed by atoms with Crippen molar-refractivity contribution < 1.29 is 31.9 Å². The van der Waals surface area contributed by atoms with Crippen LogP contribution in [0.2, 0.25) is 0 Å². The number of benzene rings is 1. The highest BCUT2D eigenvalue weighted by Gasteiger charge is 2.37. The zero-order valence-corrected chi connectivity index (χ0v) is 17.4. The molecule has 0 spiro atoms. The Hall–Kier alpha value is -2.84. The molecule has 2 atom stereocenters. The first kappa shape index (κ1) is 21.4. The quantitative estimate of drug-likeness (QED) is 0.587. The lowest BCUT2D eigenvalue weighted by molar-refractivity contribution is -0.153. The summed E-state index contributed by atoms with van der Waals surface area (Å²) in [5.41, 5.74) is 0.320. The first-order chi connectivity index (χ1) is 14.7. The average Bonchev–Trinajstić information content (AvgIpc) is 3.64. The molecule has 0 bridgehead atoms. The first-order valence-electron chi connectivity index (χ1n) is 10.3. The maximum absolute atomic E-state index is 12.9. The van der Waals surface area contributed by atoms with E-state index in [4.69, 9.17) is 13.9 Å². The van der Waals surface area contributed by atoms with E-state index in [1.165, 1.54) is 19.2 Å². The second-order valence-electron chi connectivity index (χ2n) is 8.18. The number of hydrogen-bond acceptors (Lipinski definition) is 4. The minimum absolute atomic E-state index is 0.0928. The van der Waals surface area contributed by atoms with Crippen molar-refractivity contribution in [2.75, 3.05) is 19.0 Å². The van der Waals surface area contributed by atoms with Crippen LogP contribution in [0.1, 0.15) is 43.6 Å². The number of hydrogen-bond donors (Lipinski definition) is 1. The summed E-state index contributed by atoms with van der Waals surface area (Å²) < 4.78 is 53.4. The number of furan rings is 1. The van der Waals surface area contributed by atoms with E-state index < -0.39 is 12.8 Å². The maximum atomic E-state index is 12.9. The number of nitrogens with one attached hydrogen (secondary N) is 1. The number of anilines is 1. The highest BCUT2D eigenvalue weighted by atomic mass is 19.4. The molecule has 9 heteroatoms. The van der Waals surface area contributed by atoms with Crippen LogP contribution in [0.15, 0.2) is 34.7 Å². The van der Waals surface area contributed by atoms with Gasteiger partial charge in [0.2, 0.25) is 0 Å². The molecule has 31 heavy (non-hydrogen) atoms. The number of urea groups is 1. The van der Waals surface area contributed by atoms with Crippen LogP contribution >= 0.6 is 0 Å². The van der Waals surface area contributed by atoms with Crippen molar-refractivity contribution in [2.45, 2.75) is 50.9 Å². The molecule has 0 aliphatic heterocycles. The van der Waals surface area contributed by atoms with Crippen molar-refractivity contribution >= 4 is 11.7 Å². The maximum Gasteiger partial charge on any atom is 0.422 e. The molecule has 1 aromatic heterocycles. The first-order valence-corrected chi connectivity index (χ1v) is 10.3. The molecule has 1 N–H and O–H groups in total. The van der Waals surface area contributed by atoms with Gasteiger partial charge in [-0.05, 0) is 49.4 Å². The van der Waals surface area contributed by atoms with E-state index in [1.54, 1.807) is 11.0 Å². The third-order valence-corrected chi connectivity index (χ3v) is 5.54. The summed E-state index contributed by atoms with van der Waals surface area (Å²) in [5.74, 6) is 2.83. The molecule has 2 fully saturated rings. The minimum Gasteiger partial charge on any atom is -0.493 e. The number of halogens is 3. The highest BCUT2D eigenvalue weighted by molar-refractivity contribution is 5.90. The zero-order chi connectivity index (χ0) is 22.2. The zero-order valence-electron chi connectivity index (χ0n) is 17.4. The summed E-state index contributed by atoms with van der Waals surface area (Å²) in [6.45, 7) is 1.07. The summed E-state index contributed by atoms with van der Waals surface area (Å²) in [5, 5.41) is 2.75. The molecule has 1 aromatic carbocycles. The Morgan fingerprint density at radius 3 is 2.58 bits per heavy atom. The van der Waals surface area contributed by atoms with Gasteiger partial charge in [0.1, 0.15) is 11.5 Å². The van der Waals surface area contributed by atoms with E-state index >= 15 is 0 Å². The van der Waals surface area contributed by atoms with E-state index in [0.717, 1.165) is 30.8 Å². The number of amides is 2. The SMILES string of the molecule is COc1ccc(NC(=O)N(Cc2ccc(C3CC3C)o2)C2CC2)cc1OCC(F)(F)F. The summed E-state index contributed by atoms with van der Waals surface area (Å²) >= 11 is 0. The Morgan fingerprint density at radius 1 is 1.23 bits per heavy atom. The molecule has 1 heterocycles. The van der Waals surface area contributed by atoms with Crippen molar-refractivity contribution in [3.05, 3.63) is 41.9 Å². The fourth-order valence-electron chi connectivity index (χ4n) is 3.54. The number of carbonyl (C=O) groups excluding carboxylic acids is 1. The molecule has 2 unspecified atom stereocenters. The van der Waals surface area contributed by atoms with Crippen LogP contribution in [-0.4, -0.2) is 36.9 Å². The van der Waals surface area contributed by atoms with Gasteiger partial charge in [-0.15, -0.1) is 0 Å². The summed E-state index contributed by atoms with van der Waals surface area (Å²) in [6, 6.07) is 7.99. The Balaban J connectivity index is 1.43. The molecule has 2 amide bonds. The standard InChI is InChI=1S/C22H25F3N2O4/c1-13-9-17(13)18-8-6-16(31-18)11-27(15-4-5-15)21(28)26-14-3-7-19(29-2)20(10-14)30-12-22(23,24)25/h3,6-8,10,13,15,17H,4-5,9,11-12H2,1-2H3,(H,26,28). The molecule has 0 saturated heterocycles. The van der Waals surface area contributed by atoms with Gasteiger partial charge in [0.05, 0.1) is 13.7 Å². The molecule has 4 rings (SSSR count). The minimum atomic E-state index is -4.48. The molecule has 6 nitrogen and oxygen atoms in total. The Labute approximate surface area is 178 Å². The Morgan fingerprint density at radius 2 is 1.97 bits per heavy atom. The van der Waals surface area contributed by atoms with Crippen molar-refractivity contribution in [1.82, 2.24) is 4.90 Å². The molecular formula is C22H25F3N2O4. The van der Waals surface area contributed by atoms with E-state index in [-0.39, 0.29) is 23.6 Å². The van der Waals surface area contributed by atoms with Crippen LogP contribution in [-0.2, 0) is 6.54 Å². The molecule has 2 aromatic rings. The van der Waals surface area contributed by atoms with Crippen molar-refractivity contribution in [3.63, 3.8) is 0 Å². The highest BCUT2D eigenvalue weighted by Crippen LogP contribution is 2.47. The van der Waals surface area contributed by atoms with Crippen LogP contribution in [0, 0.1) is 5.92 Å². The fraction of sp³-hybridized carbons (Fsp3) is 0.500. The lowest BCUT2D eigenvalue weighted by Gasteiger charge is -2.22. The van der Waals surface area contributed by atoms with Gasteiger partial charge in [0.25, 0.3) is 0 Å². The Bertz CT molecular complexity index is 939. The number of rotatable bonds is 8. The molecule has 2 saturated carbocycles. The van der Waals surface area contributed by atoms with Crippen LogP contribution in [0.25, 0.3) is 0 Å². The van der Waals surface area contributed by atoms with Crippen LogP contribution in [0.4, 0.5) is 23.7 Å². The Kier molecular flexibility index (Phi) is 5.77. The predicted octanol–water partition coefficient (Wildman–Crippen LogP) is 5.55.